The average molecular weight is 345 g/mol. The molecule has 1 N–H and O–H groups in total. The maximum Gasteiger partial charge on any atom is 0.230 e. The van der Waals surface area contributed by atoms with E-state index in [1.807, 2.05) is 37.4 Å². The predicted octanol–water partition coefficient (Wildman–Crippen LogP) is 3.01. The highest BCUT2D eigenvalue weighted by Crippen LogP contribution is 2.32. The monoisotopic (exact) mass is 345 g/mol. The fraction of sp³-hybridized carbons (Fsp3) is 0.444. The molecule has 0 aliphatic carbocycles. The Balaban J connectivity index is 1.85. The Morgan fingerprint density at radius 1 is 1.46 bits per heavy atom. The molecule has 1 amide bonds. The van der Waals surface area contributed by atoms with Gasteiger partial charge in [-0.3, -0.25) is 14.6 Å². The van der Waals surface area contributed by atoms with Crippen LogP contribution in [0, 0.1) is 13.8 Å². The van der Waals surface area contributed by atoms with E-state index < -0.39 is 0 Å². The van der Waals surface area contributed by atoms with Crippen LogP contribution >= 0.6 is 11.3 Å². The van der Waals surface area contributed by atoms with Crippen molar-refractivity contribution in [1.82, 2.24) is 9.88 Å². The molecule has 2 heterocycles. The number of β-amino-alcohol motifs (C(OH)–C–C–N with tert-alkyl or cyclic N) is 1. The molecule has 1 aliphatic heterocycles. The zero-order valence-corrected chi connectivity index (χ0v) is 15.1. The number of aromatic nitrogens is 1. The first kappa shape index (κ1) is 17.1. The number of aliphatic hydroxyl groups is 1. The van der Waals surface area contributed by atoms with Crippen LogP contribution in [0.1, 0.15) is 30.2 Å². The molecule has 1 aromatic heterocycles. The van der Waals surface area contributed by atoms with E-state index in [2.05, 4.69) is 9.88 Å². The molecule has 0 radical (unpaired) electrons. The van der Waals surface area contributed by atoms with Crippen LogP contribution in [0.25, 0.3) is 0 Å². The van der Waals surface area contributed by atoms with E-state index in [0.717, 1.165) is 35.5 Å². The second kappa shape index (κ2) is 7.01. The molecule has 1 fully saturated rings. The van der Waals surface area contributed by atoms with Crippen molar-refractivity contribution in [3.8, 4) is 0 Å². The van der Waals surface area contributed by atoms with Crippen LogP contribution in [0.15, 0.2) is 23.6 Å². The number of hydrogen-bond acceptors (Lipinski definition) is 5. The molecule has 2 aromatic rings. The van der Waals surface area contributed by atoms with Gasteiger partial charge in [0.05, 0.1) is 17.5 Å². The Kier molecular flexibility index (Phi) is 4.99. The van der Waals surface area contributed by atoms with Crippen molar-refractivity contribution in [2.24, 2.45) is 0 Å². The third kappa shape index (κ3) is 3.50. The van der Waals surface area contributed by atoms with E-state index in [1.54, 1.807) is 11.8 Å². The second-order valence-corrected chi connectivity index (χ2v) is 7.21. The van der Waals surface area contributed by atoms with Gasteiger partial charge in [-0.1, -0.05) is 12.1 Å². The van der Waals surface area contributed by atoms with Crippen LogP contribution in [0.5, 0.6) is 0 Å². The zero-order chi connectivity index (χ0) is 17.3. The van der Waals surface area contributed by atoms with E-state index in [-0.39, 0.29) is 12.0 Å². The van der Waals surface area contributed by atoms with Crippen LogP contribution in [-0.4, -0.2) is 40.1 Å². The summed E-state index contributed by atoms with van der Waals surface area (Å²) in [6.45, 7) is 7.94. The summed E-state index contributed by atoms with van der Waals surface area (Å²) in [5.41, 5.74) is 4.08. The Labute approximate surface area is 146 Å². The minimum Gasteiger partial charge on any atom is -0.392 e. The minimum absolute atomic E-state index is 0.0406. The molecule has 0 spiro atoms. The lowest BCUT2D eigenvalue weighted by Gasteiger charge is -2.21. The standard InChI is InChI=1S/C18H23N3O2S/c1-12-5-4-6-17(13(12)2)21(14(3)22)18-19-15(11-24-18)9-20-8-7-16(23)10-20/h4-6,11,16,23H,7-10H2,1-3H3. The molecular formula is C18H23N3O2S. The lowest BCUT2D eigenvalue weighted by atomic mass is 10.1. The van der Waals surface area contributed by atoms with Crippen molar-refractivity contribution in [2.45, 2.75) is 39.8 Å². The molecule has 6 heteroatoms. The van der Waals surface area contributed by atoms with Gasteiger partial charge in [0.1, 0.15) is 0 Å². The number of amides is 1. The fourth-order valence-electron chi connectivity index (χ4n) is 3.04. The molecule has 3 rings (SSSR count). The van der Waals surface area contributed by atoms with Crippen molar-refractivity contribution in [1.29, 1.82) is 0 Å². The van der Waals surface area contributed by atoms with Gasteiger partial charge in [-0.05, 0) is 37.5 Å². The number of likely N-dealkylation sites (tertiary alicyclic amines) is 1. The Morgan fingerprint density at radius 3 is 2.92 bits per heavy atom. The first-order chi connectivity index (χ1) is 11.5. The molecule has 1 unspecified atom stereocenters. The predicted molar refractivity (Wildman–Crippen MR) is 96.8 cm³/mol. The molecule has 0 saturated carbocycles. The number of nitrogens with zero attached hydrogens (tertiary/aromatic N) is 3. The summed E-state index contributed by atoms with van der Waals surface area (Å²) in [4.78, 5) is 20.8. The topological polar surface area (TPSA) is 56.7 Å². The van der Waals surface area contributed by atoms with Gasteiger partial charge in [0, 0.05) is 31.9 Å². The number of anilines is 2. The van der Waals surface area contributed by atoms with Crippen molar-refractivity contribution in [3.05, 3.63) is 40.4 Å². The van der Waals surface area contributed by atoms with Crippen LogP contribution in [0.2, 0.25) is 0 Å². The highest BCUT2D eigenvalue weighted by Gasteiger charge is 2.23. The van der Waals surface area contributed by atoms with E-state index >= 15 is 0 Å². The molecule has 0 bridgehead atoms. The minimum atomic E-state index is -0.230. The van der Waals surface area contributed by atoms with Gasteiger partial charge in [-0.15, -0.1) is 11.3 Å². The quantitative estimate of drug-likeness (QED) is 0.925. The van der Waals surface area contributed by atoms with E-state index in [9.17, 15) is 9.90 Å². The van der Waals surface area contributed by atoms with Crippen molar-refractivity contribution in [2.75, 3.05) is 18.0 Å². The van der Waals surface area contributed by atoms with Gasteiger partial charge in [-0.2, -0.15) is 0 Å². The van der Waals surface area contributed by atoms with Gasteiger partial charge in [0.15, 0.2) is 5.13 Å². The normalized spacial score (nSPS) is 18.1. The lowest BCUT2D eigenvalue weighted by molar-refractivity contribution is -0.115. The number of hydrogen-bond donors (Lipinski definition) is 1. The number of carbonyl (C=O) groups is 1. The van der Waals surface area contributed by atoms with Gasteiger partial charge in [0.25, 0.3) is 0 Å². The summed E-state index contributed by atoms with van der Waals surface area (Å²) >= 11 is 1.48. The average Bonchev–Trinajstić information content (AvgIpc) is 3.13. The van der Waals surface area contributed by atoms with Gasteiger partial charge < -0.3 is 5.11 Å². The number of aliphatic hydroxyl groups excluding tert-OH is 1. The van der Waals surface area contributed by atoms with Gasteiger partial charge >= 0.3 is 0 Å². The molecule has 24 heavy (non-hydrogen) atoms. The maximum absolute atomic E-state index is 12.3. The summed E-state index contributed by atoms with van der Waals surface area (Å²) in [6, 6.07) is 5.97. The van der Waals surface area contributed by atoms with Crippen LogP contribution in [0.3, 0.4) is 0 Å². The third-order valence-electron chi connectivity index (χ3n) is 4.50. The molecule has 128 valence electrons. The molecule has 1 saturated heterocycles. The smallest absolute Gasteiger partial charge is 0.230 e. The highest BCUT2D eigenvalue weighted by atomic mass is 32.1. The molecule has 5 nitrogen and oxygen atoms in total. The van der Waals surface area contributed by atoms with Crippen LogP contribution < -0.4 is 4.90 Å². The number of aryl methyl sites for hydroxylation is 1. The number of carbonyl (C=O) groups excluding carboxylic acids is 1. The van der Waals surface area contributed by atoms with Gasteiger partial charge in [0.2, 0.25) is 5.91 Å². The SMILES string of the molecule is CC(=O)N(c1nc(CN2CCC(O)C2)cs1)c1cccc(C)c1C. The lowest BCUT2D eigenvalue weighted by Crippen LogP contribution is -2.24. The van der Waals surface area contributed by atoms with E-state index in [1.165, 1.54) is 11.3 Å². The third-order valence-corrected chi connectivity index (χ3v) is 5.37. The summed E-state index contributed by atoms with van der Waals surface area (Å²) in [5, 5.41) is 12.3. The molecule has 1 aromatic carbocycles. The van der Waals surface area contributed by atoms with Crippen molar-refractivity contribution >= 4 is 28.1 Å². The summed E-state index contributed by atoms with van der Waals surface area (Å²) < 4.78 is 0. The highest BCUT2D eigenvalue weighted by molar-refractivity contribution is 7.14. The number of thiazole rings is 1. The first-order valence-electron chi connectivity index (χ1n) is 8.17. The molecule has 1 aliphatic rings. The first-order valence-corrected chi connectivity index (χ1v) is 9.05. The number of rotatable bonds is 4. The number of benzene rings is 1. The summed E-state index contributed by atoms with van der Waals surface area (Å²) in [5.74, 6) is -0.0406. The largest absolute Gasteiger partial charge is 0.392 e. The molecular weight excluding hydrogens is 322 g/mol. The van der Waals surface area contributed by atoms with Crippen LogP contribution in [0.4, 0.5) is 10.8 Å². The van der Waals surface area contributed by atoms with Gasteiger partial charge in [-0.25, -0.2) is 4.98 Å². The zero-order valence-electron chi connectivity index (χ0n) is 14.3. The van der Waals surface area contributed by atoms with E-state index in [0.29, 0.717) is 18.2 Å². The summed E-state index contributed by atoms with van der Waals surface area (Å²) in [7, 11) is 0. The summed E-state index contributed by atoms with van der Waals surface area (Å²) in [6.07, 6.45) is 0.589. The van der Waals surface area contributed by atoms with E-state index in [4.69, 9.17) is 0 Å². The Bertz CT molecular complexity index is 744. The molecule has 1 atom stereocenters. The van der Waals surface area contributed by atoms with Crippen molar-refractivity contribution in [3.63, 3.8) is 0 Å². The fourth-order valence-corrected chi connectivity index (χ4v) is 3.91. The maximum atomic E-state index is 12.3. The van der Waals surface area contributed by atoms with Crippen LogP contribution in [-0.2, 0) is 11.3 Å². The van der Waals surface area contributed by atoms with Crippen molar-refractivity contribution < 1.29 is 9.90 Å². The second-order valence-electron chi connectivity index (χ2n) is 6.37. The Morgan fingerprint density at radius 2 is 2.25 bits per heavy atom. The Hall–Kier alpha value is -1.76.